The quantitative estimate of drug-likeness (QED) is 0.700. The normalized spacial score (nSPS) is 23.3. The number of thioether (sulfide) groups is 1. The molecule has 0 bridgehead atoms. The van der Waals surface area contributed by atoms with Crippen molar-refractivity contribution in [2.45, 2.75) is 55.0 Å². The number of aromatic nitrogens is 2. The van der Waals surface area contributed by atoms with Gasteiger partial charge in [-0.25, -0.2) is 13.1 Å². The van der Waals surface area contributed by atoms with E-state index in [0.29, 0.717) is 29.9 Å². The molecule has 1 aromatic rings. The number of sulfonamides is 1. The van der Waals surface area contributed by atoms with E-state index in [2.05, 4.69) is 20.2 Å². The number of hydrogen-bond acceptors (Lipinski definition) is 5. The summed E-state index contributed by atoms with van der Waals surface area (Å²) in [7, 11) is -3.50. The Morgan fingerprint density at radius 3 is 2.90 bits per heavy atom. The molecule has 21 heavy (non-hydrogen) atoms. The topological polar surface area (TPSA) is 86.9 Å². The van der Waals surface area contributed by atoms with Crippen molar-refractivity contribution >= 4 is 21.8 Å². The van der Waals surface area contributed by atoms with E-state index in [0.717, 1.165) is 12.2 Å². The van der Waals surface area contributed by atoms with Gasteiger partial charge < -0.3 is 5.32 Å². The van der Waals surface area contributed by atoms with Crippen LogP contribution in [0.1, 0.15) is 37.7 Å². The van der Waals surface area contributed by atoms with Crippen LogP contribution in [0.2, 0.25) is 0 Å². The Morgan fingerprint density at radius 1 is 1.33 bits per heavy atom. The lowest BCUT2D eigenvalue weighted by Gasteiger charge is -2.21. The number of rotatable bonds is 7. The largest absolute Gasteiger partial charge is 0.310 e. The second kappa shape index (κ2) is 6.68. The van der Waals surface area contributed by atoms with Crippen molar-refractivity contribution in [3.63, 3.8) is 0 Å². The summed E-state index contributed by atoms with van der Waals surface area (Å²) >= 11 is 1.86. The van der Waals surface area contributed by atoms with Gasteiger partial charge in [-0.3, -0.25) is 5.10 Å². The van der Waals surface area contributed by atoms with E-state index >= 15 is 0 Å². The first kappa shape index (κ1) is 15.3. The predicted molar refractivity (Wildman–Crippen MR) is 83.7 cm³/mol. The summed E-state index contributed by atoms with van der Waals surface area (Å²) in [5, 5.41) is 10.4. The number of aromatic amines is 1. The molecule has 1 aromatic heterocycles. The third-order valence-corrected chi connectivity index (χ3v) is 6.72. The molecule has 2 fully saturated rings. The number of hydrogen-bond donors (Lipinski definition) is 3. The molecule has 1 atom stereocenters. The van der Waals surface area contributed by atoms with Crippen molar-refractivity contribution in [2.24, 2.45) is 0 Å². The molecular weight excluding hydrogens is 308 g/mol. The van der Waals surface area contributed by atoms with Gasteiger partial charge in [0.05, 0.1) is 6.20 Å². The average Bonchev–Trinajstić information content (AvgIpc) is 3.20. The Balaban J connectivity index is 1.59. The lowest BCUT2D eigenvalue weighted by atomic mass is 10.2. The van der Waals surface area contributed by atoms with Crippen LogP contribution in [0.4, 0.5) is 0 Å². The molecule has 1 saturated carbocycles. The van der Waals surface area contributed by atoms with Gasteiger partial charge in [0.2, 0.25) is 0 Å². The molecule has 2 aliphatic rings. The molecule has 8 heteroatoms. The van der Waals surface area contributed by atoms with Crippen LogP contribution in [0.3, 0.4) is 0 Å². The van der Waals surface area contributed by atoms with Gasteiger partial charge in [0.25, 0.3) is 10.0 Å². The Bertz CT molecular complexity index is 562. The van der Waals surface area contributed by atoms with Gasteiger partial charge in [-0.05, 0) is 31.4 Å². The third-order valence-electron chi connectivity index (χ3n) is 3.88. The van der Waals surface area contributed by atoms with Crippen molar-refractivity contribution in [3.8, 4) is 0 Å². The summed E-state index contributed by atoms with van der Waals surface area (Å²) in [5.41, 5.74) is 0.714. The van der Waals surface area contributed by atoms with Gasteiger partial charge in [-0.15, -0.1) is 0 Å². The van der Waals surface area contributed by atoms with Gasteiger partial charge in [0.15, 0.2) is 5.03 Å². The Kier molecular flexibility index (Phi) is 4.88. The maximum atomic E-state index is 12.4. The van der Waals surface area contributed by atoms with Crippen LogP contribution in [0.25, 0.3) is 0 Å². The Hall–Kier alpha value is -0.570. The van der Waals surface area contributed by atoms with Gasteiger partial charge in [0, 0.05) is 29.9 Å². The molecule has 6 nitrogen and oxygen atoms in total. The van der Waals surface area contributed by atoms with E-state index < -0.39 is 10.0 Å². The van der Waals surface area contributed by atoms with Crippen molar-refractivity contribution < 1.29 is 8.42 Å². The molecule has 1 unspecified atom stereocenters. The molecule has 3 rings (SSSR count). The second-order valence-electron chi connectivity index (χ2n) is 5.72. The summed E-state index contributed by atoms with van der Waals surface area (Å²) in [6.45, 7) is 1.05. The highest BCUT2D eigenvalue weighted by Gasteiger charge is 2.25. The minimum Gasteiger partial charge on any atom is -0.310 e. The summed E-state index contributed by atoms with van der Waals surface area (Å²) < 4.78 is 27.5. The summed E-state index contributed by atoms with van der Waals surface area (Å²) in [4.78, 5) is 0. The predicted octanol–water partition coefficient (Wildman–Crippen LogP) is 1.23. The first-order valence-electron chi connectivity index (χ1n) is 7.52. The molecule has 118 valence electrons. The number of H-pyrrole nitrogens is 1. The zero-order chi connectivity index (χ0) is 14.7. The first-order valence-corrected chi connectivity index (χ1v) is 10.1. The van der Waals surface area contributed by atoms with E-state index in [1.165, 1.54) is 25.7 Å². The van der Waals surface area contributed by atoms with Crippen molar-refractivity contribution in [1.29, 1.82) is 0 Å². The summed E-state index contributed by atoms with van der Waals surface area (Å²) in [5.74, 6) is 1.13. The first-order chi connectivity index (χ1) is 10.1. The van der Waals surface area contributed by atoms with Gasteiger partial charge in [-0.2, -0.15) is 16.9 Å². The standard InChI is InChI=1S/C13H22N4O2S2/c18-21(19,16-9-12-3-1-2-6-20-12)13-10(8-15-17-13)7-14-11-4-5-11/h8,11-12,14,16H,1-7,9H2,(H,15,17). The highest BCUT2D eigenvalue weighted by atomic mass is 32.2. The van der Waals surface area contributed by atoms with Crippen LogP contribution in [0, 0.1) is 0 Å². The highest BCUT2D eigenvalue weighted by molar-refractivity contribution is 8.00. The molecule has 0 radical (unpaired) electrons. The molecule has 0 aromatic carbocycles. The van der Waals surface area contributed by atoms with E-state index in [1.807, 2.05) is 11.8 Å². The zero-order valence-electron chi connectivity index (χ0n) is 12.0. The monoisotopic (exact) mass is 330 g/mol. The summed E-state index contributed by atoms with van der Waals surface area (Å²) in [6.07, 6.45) is 7.48. The fourth-order valence-electron chi connectivity index (χ4n) is 2.44. The molecule has 0 spiro atoms. The molecule has 1 aliphatic heterocycles. The van der Waals surface area contributed by atoms with Crippen LogP contribution in [-0.4, -0.2) is 42.2 Å². The molecule has 1 saturated heterocycles. The van der Waals surface area contributed by atoms with Crippen LogP contribution in [0.15, 0.2) is 11.2 Å². The van der Waals surface area contributed by atoms with E-state index in [-0.39, 0.29) is 5.03 Å². The smallest absolute Gasteiger partial charge is 0.257 e. The highest BCUT2D eigenvalue weighted by Crippen LogP contribution is 2.25. The molecule has 1 aliphatic carbocycles. The lowest BCUT2D eigenvalue weighted by molar-refractivity contribution is 0.567. The van der Waals surface area contributed by atoms with Crippen molar-refractivity contribution in [3.05, 3.63) is 11.8 Å². The van der Waals surface area contributed by atoms with Crippen LogP contribution in [-0.2, 0) is 16.6 Å². The SMILES string of the molecule is O=S(=O)(NCC1CCCCS1)c1[nH]ncc1CNC1CC1. The molecule has 0 amide bonds. The molecule has 3 N–H and O–H groups in total. The summed E-state index contributed by atoms with van der Waals surface area (Å²) in [6, 6.07) is 0.544. The van der Waals surface area contributed by atoms with Crippen LogP contribution in [0.5, 0.6) is 0 Å². The maximum Gasteiger partial charge on any atom is 0.257 e. The van der Waals surface area contributed by atoms with E-state index in [9.17, 15) is 8.42 Å². The Labute approximate surface area is 129 Å². The average molecular weight is 330 g/mol. The lowest BCUT2D eigenvalue weighted by Crippen LogP contribution is -2.33. The van der Waals surface area contributed by atoms with E-state index in [1.54, 1.807) is 6.20 Å². The molecular formula is C13H22N4O2S2. The fourth-order valence-corrected chi connectivity index (χ4v) is 4.99. The van der Waals surface area contributed by atoms with Gasteiger partial charge >= 0.3 is 0 Å². The van der Waals surface area contributed by atoms with Crippen molar-refractivity contribution in [1.82, 2.24) is 20.2 Å². The van der Waals surface area contributed by atoms with Crippen LogP contribution < -0.4 is 10.0 Å². The van der Waals surface area contributed by atoms with Gasteiger partial charge in [-0.1, -0.05) is 6.42 Å². The Morgan fingerprint density at radius 2 is 2.19 bits per heavy atom. The maximum absolute atomic E-state index is 12.4. The number of nitrogens with zero attached hydrogens (tertiary/aromatic N) is 1. The van der Waals surface area contributed by atoms with Gasteiger partial charge in [0.1, 0.15) is 0 Å². The van der Waals surface area contributed by atoms with Crippen LogP contribution >= 0.6 is 11.8 Å². The van der Waals surface area contributed by atoms with Crippen molar-refractivity contribution in [2.75, 3.05) is 12.3 Å². The fraction of sp³-hybridized carbons (Fsp3) is 0.769. The molecule has 2 heterocycles. The zero-order valence-corrected chi connectivity index (χ0v) is 13.6. The number of nitrogens with one attached hydrogen (secondary N) is 3. The third kappa shape index (κ3) is 4.21. The minimum atomic E-state index is -3.50. The minimum absolute atomic E-state index is 0.205. The second-order valence-corrected chi connectivity index (χ2v) is 8.83. The van der Waals surface area contributed by atoms with E-state index in [4.69, 9.17) is 0 Å².